The summed E-state index contributed by atoms with van der Waals surface area (Å²) in [4.78, 5) is 34.6. The molecule has 0 atom stereocenters. The van der Waals surface area contributed by atoms with Crippen LogP contribution in [-0.2, 0) is 0 Å². The second-order valence-corrected chi connectivity index (χ2v) is 8.06. The summed E-state index contributed by atoms with van der Waals surface area (Å²) in [5, 5.41) is 0.985. The second kappa shape index (κ2) is 9.38. The molecule has 0 aliphatic carbocycles. The minimum absolute atomic E-state index is 0. The van der Waals surface area contributed by atoms with E-state index in [0.717, 1.165) is 23.2 Å². The molecule has 0 radical (unpaired) electrons. The summed E-state index contributed by atoms with van der Waals surface area (Å²) < 4.78 is 6.56. The van der Waals surface area contributed by atoms with Crippen LogP contribution in [0, 0.1) is 0 Å². The third-order valence-electron chi connectivity index (χ3n) is 4.66. The van der Waals surface area contributed by atoms with E-state index in [4.69, 9.17) is 4.42 Å². The van der Waals surface area contributed by atoms with Crippen molar-refractivity contribution < 1.29 is 9.21 Å². The number of rotatable bonds is 6. The van der Waals surface area contributed by atoms with Gasteiger partial charge in [0, 0.05) is 6.54 Å². The average molecular weight is 444 g/mol. The van der Waals surface area contributed by atoms with Crippen molar-refractivity contribution in [3.05, 3.63) is 70.6 Å². The van der Waals surface area contributed by atoms with E-state index in [0.29, 0.717) is 22.6 Å². The smallest absolute Gasteiger partial charge is 0.267 e. The van der Waals surface area contributed by atoms with Crippen LogP contribution in [0.3, 0.4) is 0 Å². The molecule has 8 heteroatoms. The highest BCUT2D eigenvalue weighted by Gasteiger charge is 2.24. The first kappa shape index (κ1) is 22.0. The lowest BCUT2D eigenvalue weighted by Gasteiger charge is -2.20. The predicted molar refractivity (Wildman–Crippen MR) is 124 cm³/mol. The molecule has 4 aromatic rings. The van der Waals surface area contributed by atoms with Gasteiger partial charge in [-0.3, -0.25) is 14.5 Å². The van der Waals surface area contributed by atoms with E-state index in [-0.39, 0.29) is 29.3 Å². The van der Waals surface area contributed by atoms with Gasteiger partial charge < -0.3 is 9.32 Å². The maximum Gasteiger partial charge on any atom is 0.267 e. The Hall–Kier alpha value is -2.74. The Bertz CT molecular complexity index is 1200. The number of amides is 1. The van der Waals surface area contributed by atoms with Crippen LogP contribution in [0.2, 0.25) is 0 Å². The minimum Gasteiger partial charge on any atom is -0.463 e. The lowest BCUT2D eigenvalue weighted by atomic mass is 10.1. The quantitative estimate of drug-likeness (QED) is 0.441. The third kappa shape index (κ3) is 4.38. The summed E-state index contributed by atoms with van der Waals surface area (Å²) in [6.45, 7) is 1.28. The number of carbonyl (C=O) groups excluding carboxylic acids is 1. The van der Waals surface area contributed by atoms with E-state index >= 15 is 0 Å². The molecular formula is C22H22ClN3O3S. The number of benzene rings is 2. The van der Waals surface area contributed by atoms with Crippen molar-refractivity contribution in [1.82, 2.24) is 9.88 Å². The van der Waals surface area contributed by atoms with Gasteiger partial charge in [0.15, 0.2) is 5.13 Å². The molecule has 2 heterocycles. The van der Waals surface area contributed by atoms with Gasteiger partial charge in [0.05, 0.1) is 15.6 Å². The van der Waals surface area contributed by atoms with Crippen LogP contribution >= 0.6 is 23.7 Å². The fourth-order valence-electron chi connectivity index (χ4n) is 3.18. The number of anilines is 1. The molecule has 0 aliphatic rings. The Labute approximate surface area is 184 Å². The van der Waals surface area contributed by atoms with Crippen molar-refractivity contribution in [3.63, 3.8) is 0 Å². The molecule has 0 N–H and O–H groups in total. The van der Waals surface area contributed by atoms with Gasteiger partial charge in [-0.1, -0.05) is 35.6 Å². The summed E-state index contributed by atoms with van der Waals surface area (Å²) in [6, 6.07) is 14.7. The van der Waals surface area contributed by atoms with Crippen molar-refractivity contribution in [2.24, 2.45) is 0 Å². The Balaban J connectivity index is 0.00000256. The molecule has 0 saturated heterocycles. The molecule has 2 aromatic heterocycles. The Morgan fingerprint density at radius 1 is 1.07 bits per heavy atom. The fourth-order valence-corrected chi connectivity index (χ4v) is 4.17. The summed E-state index contributed by atoms with van der Waals surface area (Å²) in [7, 11) is 3.98. The highest BCUT2D eigenvalue weighted by molar-refractivity contribution is 7.22. The Kier molecular flexibility index (Phi) is 6.87. The van der Waals surface area contributed by atoms with Crippen LogP contribution in [0.1, 0.15) is 16.8 Å². The predicted octanol–water partition coefficient (Wildman–Crippen LogP) is 4.42. The van der Waals surface area contributed by atoms with Crippen molar-refractivity contribution in [2.75, 3.05) is 32.1 Å². The lowest BCUT2D eigenvalue weighted by Crippen LogP contribution is -2.36. The van der Waals surface area contributed by atoms with E-state index in [1.165, 1.54) is 17.6 Å². The molecule has 0 unspecified atom stereocenters. The SMILES string of the molecule is CN(C)CCCN(C(=O)c1coc2ccccc2c1=O)c1nc2ccccc2s1.Cl. The van der Waals surface area contributed by atoms with E-state index in [2.05, 4.69) is 9.88 Å². The first-order valence-corrected chi connectivity index (χ1v) is 10.2. The van der Waals surface area contributed by atoms with Gasteiger partial charge in [-0.05, 0) is 51.3 Å². The van der Waals surface area contributed by atoms with Gasteiger partial charge >= 0.3 is 0 Å². The van der Waals surface area contributed by atoms with Crippen LogP contribution in [-0.4, -0.2) is 43.0 Å². The van der Waals surface area contributed by atoms with Crippen molar-refractivity contribution in [3.8, 4) is 0 Å². The molecule has 0 spiro atoms. The zero-order valence-electron chi connectivity index (χ0n) is 16.7. The van der Waals surface area contributed by atoms with E-state index < -0.39 is 0 Å². The summed E-state index contributed by atoms with van der Waals surface area (Å²) in [6.07, 6.45) is 2.02. The van der Waals surface area contributed by atoms with Crippen molar-refractivity contribution in [1.29, 1.82) is 0 Å². The Morgan fingerprint density at radius 3 is 2.57 bits per heavy atom. The normalized spacial score (nSPS) is 11.0. The number of hydrogen-bond donors (Lipinski definition) is 0. The molecule has 2 aromatic carbocycles. The van der Waals surface area contributed by atoms with E-state index in [1.54, 1.807) is 29.2 Å². The highest BCUT2D eigenvalue weighted by atomic mass is 35.5. The number of carbonyl (C=O) groups is 1. The van der Waals surface area contributed by atoms with Crippen LogP contribution in [0.5, 0.6) is 0 Å². The molecule has 6 nitrogen and oxygen atoms in total. The van der Waals surface area contributed by atoms with Gasteiger partial charge in [0.25, 0.3) is 5.91 Å². The van der Waals surface area contributed by atoms with Gasteiger partial charge in [0.2, 0.25) is 5.43 Å². The van der Waals surface area contributed by atoms with Crippen LogP contribution in [0.4, 0.5) is 5.13 Å². The first-order valence-electron chi connectivity index (χ1n) is 9.37. The molecule has 156 valence electrons. The van der Waals surface area contributed by atoms with Crippen LogP contribution < -0.4 is 10.3 Å². The van der Waals surface area contributed by atoms with Gasteiger partial charge in [-0.2, -0.15) is 0 Å². The highest BCUT2D eigenvalue weighted by Crippen LogP contribution is 2.29. The summed E-state index contributed by atoms with van der Waals surface area (Å²) in [5.74, 6) is -0.387. The maximum atomic E-state index is 13.4. The largest absolute Gasteiger partial charge is 0.463 e. The molecule has 1 amide bonds. The summed E-state index contributed by atoms with van der Waals surface area (Å²) in [5.41, 5.74) is 1.00. The molecule has 0 saturated carbocycles. The topological polar surface area (TPSA) is 66.7 Å². The zero-order chi connectivity index (χ0) is 20.4. The molecule has 0 bridgehead atoms. The van der Waals surface area contributed by atoms with E-state index in [1.807, 2.05) is 38.4 Å². The number of aromatic nitrogens is 1. The summed E-state index contributed by atoms with van der Waals surface area (Å²) >= 11 is 1.44. The minimum atomic E-state index is -0.387. The molecule has 30 heavy (non-hydrogen) atoms. The van der Waals surface area contributed by atoms with Crippen LogP contribution in [0.25, 0.3) is 21.2 Å². The average Bonchev–Trinajstić information content (AvgIpc) is 3.15. The first-order chi connectivity index (χ1) is 14.0. The number of hydrogen-bond acceptors (Lipinski definition) is 6. The second-order valence-electron chi connectivity index (χ2n) is 7.05. The fraction of sp³-hybridized carbons (Fsp3) is 0.227. The number of para-hydroxylation sites is 2. The molecule has 0 aliphatic heterocycles. The standard InChI is InChI=1S/C22H21N3O3S.ClH/c1-24(2)12-7-13-25(22-23-17-9-4-6-11-19(17)29-22)21(27)16-14-28-18-10-5-3-8-15(18)20(16)26;/h3-6,8-11,14H,7,12-13H2,1-2H3;1H. The number of halogens is 1. The number of nitrogens with zero attached hydrogens (tertiary/aromatic N) is 3. The Morgan fingerprint density at radius 2 is 1.80 bits per heavy atom. The molecule has 0 fully saturated rings. The lowest BCUT2D eigenvalue weighted by molar-refractivity contribution is 0.0983. The number of fused-ring (bicyclic) bond motifs is 2. The number of thiazole rings is 1. The maximum absolute atomic E-state index is 13.4. The van der Waals surface area contributed by atoms with E-state index in [9.17, 15) is 9.59 Å². The van der Waals surface area contributed by atoms with Gasteiger partial charge in [-0.25, -0.2) is 4.98 Å². The monoisotopic (exact) mass is 443 g/mol. The van der Waals surface area contributed by atoms with Crippen molar-refractivity contribution >= 4 is 56.0 Å². The zero-order valence-corrected chi connectivity index (χ0v) is 18.3. The third-order valence-corrected chi connectivity index (χ3v) is 5.72. The molecular weight excluding hydrogens is 422 g/mol. The van der Waals surface area contributed by atoms with Crippen LogP contribution in [0.15, 0.2) is 64.0 Å². The van der Waals surface area contributed by atoms with Gasteiger partial charge in [0.1, 0.15) is 17.4 Å². The van der Waals surface area contributed by atoms with Crippen molar-refractivity contribution in [2.45, 2.75) is 6.42 Å². The van der Waals surface area contributed by atoms with Gasteiger partial charge in [-0.15, -0.1) is 12.4 Å². The molecule has 4 rings (SSSR count).